The highest BCUT2D eigenvalue weighted by molar-refractivity contribution is 5.88. The minimum absolute atomic E-state index is 0.0214. The van der Waals surface area contributed by atoms with Crippen molar-refractivity contribution in [2.45, 2.75) is 39.2 Å². The number of hydrogen-bond acceptors (Lipinski definition) is 4. The van der Waals surface area contributed by atoms with Crippen LogP contribution in [-0.2, 0) is 16.0 Å². The van der Waals surface area contributed by atoms with E-state index >= 15 is 0 Å². The molecule has 1 saturated heterocycles. The van der Waals surface area contributed by atoms with Crippen LogP contribution in [0, 0.1) is 5.92 Å². The maximum Gasteiger partial charge on any atom is 0.245 e. The van der Waals surface area contributed by atoms with Crippen molar-refractivity contribution in [1.82, 2.24) is 10.2 Å². The Balaban J connectivity index is 2.02. The molecule has 0 radical (unpaired) electrons. The number of hydrogen-bond donors (Lipinski definition) is 1. The molecule has 1 heterocycles. The molecule has 138 valence electrons. The number of benzene rings is 1. The molecule has 1 N–H and O–H groups in total. The average Bonchev–Trinajstić information content (AvgIpc) is 3.13. The summed E-state index contributed by atoms with van der Waals surface area (Å²) in [6, 6.07) is 4.90. The van der Waals surface area contributed by atoms with E-state index in [1.807, 2.05) is 24.8 Å². The van der Waals surface area contributed by atoms with Crippen molar-refractivity contribution in [2.24, 2.45) is 5.92 Å². The van der Waals surface area contributed by atoms with Crippen LogP contribution in [0.3, 0.4) is 0 Å². The third-order valence-electron chi connectivity index (χ3n) is 4.48. The van der Waals surface area contributed by atoms with E-state index in [4.69, 9.17) is 9.47 Å². The smallest absolute Gasteiger partial charge is 0.245 e. The Morgan fingerprint density at radius 1 is 1.12 bits per heavy atom. The number of rotatable bonds is 7. The molecule has 1 aliphatic heterocycles. The van der Waals surface area contributed by atoms with Crippen LogP contribution in [0.5, 0.6) is 11.5 Å². The molecule has 1 aromatic rings. The lowest BCUT2D eigenvalue weighted by Crippen LogP contribution is -2.50. The van der Waals surface area contributed by atoms with E-state index in [1.54, 1.807) is 26.4 Å². The van der Waals surface area contributed by atoms with Crippen LogP contribution in [0.2, 0.25) is 0 Å². The maximum absolute atomic E-state index is 12.6. The fourth-order valence-electron chi connectivity index (χ4n) is 3.05. The van der Waals surface area contributed by atoms with Gasteiger partial charge < -0.3 is 19.7 Å². The Morgan fingerprint density at radius 2 is 1.76 bits per heavy atom. The summed E-state index contributed by atoms with van der Waals surface area (Å²) in [4.78, 5) is 26.9. The standard InChI is InChI=1S/C19H28N2O4/c1-13(2)18(19(23)21-9-5-6-10-21)20-17(22)12-14-7-8-15(24-3)16(11-14)25-4/h7-8,11,13,18H,5-6,9-10,12H2,1-4H3,(H,20,22)/t18-/m0/s1. The third kappa shape index (κ3) is 4.87. The van der Waals surface area contributed by atoms with Crippen LogP contribution in [0.15, 0.2) is 18.2 Å². The van der Waals surface area contributed by atoms with Gasteiger partial charge in [0.1, 0.15) is 6.04 Å². The first kappa shape index (κ1) is 19.1. The minimum Gasteiger partial charge on any atom is -0.493 e. The lowest BCUT2D eigenvalue weighted by atomic mass is 10.0. The topological polar surface area (TPSA) is 67.9 Å². The Morgan fingerprint density at radius 3 is 2.32 bits per heavy atom. The van der Waals surface area contributed by atoms with Crippen LogP contribution in [0.1, 0.15) is 32.3 Å². The fraction of sp³-hybridized carbons (Fsp3) is 0.579. The number of amides is 2. The second-order valence-electron chi connectivity index (χ2n) is 6.69. The van der Waals surface area contributed by atoms with Gasteiger partial charge in [0.05, 0.1) is 20.6 Å². The molecule has 1 aromatic carbocycles. The second-order valence-corrected chi connectivity index (χ2v) is 6.69. The van der Waals surface area contributed by atoms with Gasteiger partial charge in [0, 0.05) is 13.1 Å². The number of ether oxygens (including phenoxy) is 2. The van der Waals surface area contributed by atoms with Crippen molar-refractivity contribution in [3.05, 3.63) is 23.8 Å². The highest BCUT2D eigenvalue weighted by Gasteiger charge is 2.29. The molecule has 0 unspecified atom stereocenters. The monoisotopic (exact) mass is 348 g/mol. The molecule has 25 heavy (non-hydrogen) atoms. The van der Waals surface area contributed by atoms with E-state index in [0.717, 1.165) is 31.5 Å². The van der Waals surface area contributed by atoms with E-state index in [1.165, 1.54) is 0 Å². The summed E-state index contributed by atoms with van der Waals surface area (Å²) in [7, 11) is 3.13. The van der Waals surface area contributed by atoms with Crippen LogP contribution in [-0.4, -0.2) is 50.1 Å². The summed E-state index contributed by atoms with van der Waals surface area (Å²) >= 11 is 0. The summed E-state index contributed by atoms with van der Waals surface area (Å²) in [5.74, 6) is 1.10. The molecule has 0 saturated carbocycles. The van der Waals surface area contributed by atoms with Gasteiger partial charge in [-0.1, -0.05) is 19.9 Å². The first-order valence-corrected chi connectivity index (χ1v) is 8.75. The molecule has 2 amide bonds. The van der Waals surface area contributed by atoms with E-state index < -0.39 is 6.04 Å². The van der Waals surface area contributed by atoms with E-state index in [9.17, 15) is 9.59 Å². The first-order chi connectivity index (χ1) is 12.0. The lowest BCUT2D eigenvalue weighted by molar-refractivity contribution is -0.136. The quantitative estimate of drug-likeness (QED) is 0.818. The Labute approximate surface area is 149 Å². The van der Waals surface area contributed by atoms with Gasteiger partial charge in [-0.3, -0.25) is 9.59 Å². The lowest BCUT2D eigenvalue weighted by Gasteiger charge is -2.26. The van der Waals surface area contributed by atoms with Gasteiger partial charge in [-0.15, -0.1) is 0 Å². The van der Waals surface area contributed by atoms with Gasteiger partial charge in [-0.25, -0.2) is 0 Å². The molecule has 1 fully saturated rings. The van der Waals surface area contributed by atoms with Gasteiger partial charge in [-0.2, -0.15) is 0 Å². The number of methoxy groups -OCH3 is 2. The van der Waals surface area contributed by atoms with Crippen LogP contribution in [0.4, 0.5) is 0 Å². The van der Waals surface area contributed by atoms with Gasteiger partial charge in [0.2, 0.25) is 11.8 Å². The zero-order valence-corrected chi connectivity index (χ0v) is 15.5. The van der Waals surface area contributed by atoms with E-state index in [2.05, 4.69) is 5.32 Å². The number of carbonyl (C=O) groups excluding carboxylic acids is 2. The summed E-state index contributed by atoms with van der Waals surface area (Å²) < 4.78 is 10.5. The fourth-order valence-corrected chi connectivity index (χ4v) is 3.05. The molecule has 6 heteroatoms. The molecule has 1 atom stereocenters. The Kier molecular flexibility index (Phi) is 6.67. The molecule has 0 aromatic heterocycles. The molecule has 0 bridgehead atoms. The SMILES string of the molecule is COc1ccc(CC(=O)N[C@H](C(=O)N2CCCC2)C(C)C)cc1OC. The van der Waals surface area contributed by atoms with E-state index in [0.29, 0.717) is 11.5 Å². The van der Waals surface area contributed by atoms with Crippen molar-refractivity contribution in [3.63, 3.8) is 0 Å². The first-order valence-electron chi connectivity index (χ1n) is 8.75. The number of nitrogens with zero attached hydrogens (tertiary/aromatic N) is 1. The predicted octanol–water partition coefficient (Wildman–Crippen LogP) is 2.01. The molecule has 6 nitrogen and oxygen atoms in total. The van der Waals surface area contributed by atoms with E-state index in [-0.39, 0.29) is 24.2 Å². The van der Waals surface area contributed by atoms with Gasteiger partial charge in [-0.05, 0) is 36.5 Å². The maximum atomic E-state index is 12.6. The zero-order valence-electron chi connectivity index (χ0n) is 15.5. The largest absolute Gasteiger partial charge is 0.493 e. The van der Waals surface area contributed by atoms with Crippen molar-refractivity contribution >= 4 is 11.8 Å². The molecule has 1 aliphatic rings. The van der Waals surface area contributed by atoms with Crippen molar-refractivity contribution < 1.29 is 19.1 Å². The average molecular weight is 348 g/mol. The van der Waals surface area contributed by atoms with Crippen molar-refractivity contribution in [1.29, 1.82) is 0 Å². The third-order valence-corrected chi connectivity index (χ3v) is 4.48. The number of nitrogens with one attached hydrogen (secondary N) is 1. The summed E-state index contributed by atoms with van der Waals surface area (Å²) in [5, 5.41) is 2.91. The summed E-state index contributed by atoms with van der Waals surface area (Å²) in [6.07, 6.45) is 2.27. The molecule has 2 rings (SSSR count). The molecular formula is C19H28N2O4. The molecule has 0 spiro atoms. The number of likely N-dealkylation sites (tertiary alicyclic amines) is 1. The second kappa shape index (κ2) is 8.74. The normalized spacial score (nSPS) is 15.2. The highest BCUT2D eigenvalue weighted by atomic mass is 16.5. The van der Waals surface area contributed by atoms with Crippen LogP contribution in [0.25, 0.3) is 0 Å². The predicted molar refractivity (Wildman–Crippen MR) is 95.8 cm³/mol. The van der Waals surface area contributed by atoms with Crippen LogP contribution < -0.4 is 14.8 Å². The van der Waals surface area contributed by atoms with Gasteiger partial charge >= 0.3 is 0 Å². The summed E-state index contributed by atoms with van der Waals surface area (Å²) in [6.45, 7) is 5.48. The summed E-state index contributed by atoms with van der Waals surface area (Å²) in [5.41, 5.74) is 0.811. The molecule has 0 aliphatic carbocycles. The van der Waals surface area contributed by atoms with Crippen molar-refractivity contribution in [3.8, 4) is 11.5 Å². The van der Waals surface area contributed by atoms with Gasteiger partial charge in [0.15, 0.2) is 11.5 Å². The zero-order chi connectivity index (χ0) is 18.4. The van der Waals surface area contributed by atoms with Crippen LogP contribution >= 0.6 is 0 Å². The Bertz CT molecular complexity index is 609. The Hall–Kier alpha value is -2.24. The van der Waals surface area contributed by atoms with Crippen molar-refractivity contribution in [2.75, 3.05) is 27.3 Å². The highest BCUT2D eigenvalue weighted by Crippen LogP contribution is 2.27. The molecular weight excluding hydrogens is 320 g/mol. The van der Waals surface area contributed by atoms with Gasteiger partial charge in [0.25, 0.3) is 0 Å². The minimum atomic E-state index is -0.481. The number of carbonyl (C=O) groups is 2.